The van der Waals surface area contributed by atoms with Gasteiger partial charge in [-0.2, -0.15) is 13.2 Å². The zero-order chi connectivity index (χ0) is 15.2. The van der Waals surface area contributed by atoms with Crippen molar-refractivity contribution in [3.05, 3.63) is 45.2 Å². The van der Waals surface area contributed by atoms with Gasteiger partial charge in [0.1, 0.15) is 16.9 Å². The zero-order valence-electron chi connectivity index (χ0n) is 9.31. The molecule has 0 saturated heterocycles. The molecule has 0 bridgehead atoms. The highest BCUT2D eigenvalue weighted by molar-refractivity contribution is 5.92. The first-order chi connectivity index (χ1) is 9.12. The van der Waals surface area contributed by atoms with Gasteiger partial charge in [0.05, 0.1) is 5.52 Å². The molecule has 1 heterocycles. The number of nitrogens with one attached hydrogen (secondary N) is 1. The number of rotatable bonds is 1. The van der Waals surface area contributed by atoms with Gasteiger partial charge in [-0.25, -0.2) is 13.6 Å². The molecule has 1 aromatic carbocycles. The van der Waals surface area contributed by atoms with Gasteiger partial charge in [0.15, 0.2) is 5.82 Å². The van der Waals surface area contributed by atoms with E-state index in [-0.39, 0.29) is 0 Å². The summed E-state index contributed by atoms with van der Waals surface area (Å²) < 4.78 is 64.4. The van der Waals surface area contributed by atoms with Crippen LogP contribution >= 0.6 is 0 Å². The number of benzene rings is 1. The summed E-state index contributed by atoms with van der Waals surface area (Å²) in [6, 6.07) is 0.909. The van der Waals surface area contributed by atoms with Gasteiger partial charge >= 0.3 is 12.1 Å². The number of halogens is 5. The van der Waals surface area contributed by atoms with Crippen molar-refractivity contribution in [3.63, 3.8) is 0 Å². The molecule has 0 radical (unpaired) electrons. The molecule has 9 heteroatoms. The Morgan fingerprint density at radius 2 is 1.80 bits per heavy atom. The second-order valence-corrected chi connectivity index (χ2v) is 3.83. The highest BCUT2D eigenvalue weighted by Gasteiger charge is 2.39. The maximum atomic E-state index is 13.7. The number of carboxylic acids is 1. The summed E-state index contributed by atoms with van der Waals surface area (Å²) in [7, 11) is 0. The Labute approximate surface area is 106 Å². The lowest BCUT2D eigenvalue weighted by molar-refractivity contribution is -0.142. The molecule has 0 spiro atoms. The Kier molecular flexibility index (Phi) is 2.99. The van der Waals surface area contributed by atoms with E-state index < -0.39 is 51.4 Å². The van der Waals surface area contributed by atoms with Crippen molar-refractivity contribution in [3.8, 4) is 0 Å². The van der Waals surface area contributed by atoms with Crippen LogP contribution in [0, 0.1) is 11.6 Å². The molecular weight excluding hydrogens is 289 g/mol. The van der Waals surface area contributed by atoms with Crippen molar-refractivity contribution in [2.45, 2.75) is 6.18 Å². The number of aromatic nitrogens is 1. The van der Waals surface area contributed by atoms with E-state index in [9.17, 15) is 31.5 Å². The summed E-state index contributed by atoms with van der Waals surface area (Å²) in [5.41, 5.74) is -5.18. The first-order valence-corrected chi connectivity index (χ1v) is 4.98. The van der Waals surface area contributed by atoms with Gasteiger partial charge in [0.2, 0.25) is 0 Å². The van der Waals surface area contributed by atoms with Crippen LogP contribution in [0.15, 0.2) is 16.9 Å². The number of aromatic amines is 1. The van der Waals surface area contributed by atoms with Crippen molar-refractivity contribution >= 4 is 16.9 Å². The lowest BCUT2D eigenvalue weighted by atomic mass is 10.1. The van der Waals surface area contributed by atoms with Crippen molar-refractivity contribution in [2.75, 3.05) is 0 Å². The van der Waals surface area contributed by atoms with Crippen LogP contribution in [0.2, 0.25) is 0 Å². The summed E-state index contributed by atoms with van der Waals surface area (Å²) in [5.74, 6) is -5.57. The molecule has 0 saturated carbocycles. The van der Waals surface area contributed by atoms with Crippen LogP contribution in [0.25, 0.3) is 10.9 Å². The van der Waals surface area contributed by atoms with Crippen LogP contribution in [-0.2, 0) is 6.18 Å². The number of H-pyrrole nitrogens is 1. The van der Waals surface area contributed by atoms with Gasteiger partial charge in [-0.1, -0.05) is 0 Å². The molecular formula is C11H4F5NO3. The molecule has 20 heavy (non-hydrogen) atoms. The summed E-state index contributed by atoms with van der Waals surface area (Å²) in [6.45, 7) is 0. The average Bonchev–Trinajstić information content (AvgIpc) is 2.27. The predicted octanol–water partition coefficient (Wildman–Crippen LogP) is 2.52. The first-order valence-electron chi connectivity index (χ1n) is 4.98. The zero-order valence-corrected chi connectivity index (χ0v) is 9.31. The van der Waals surface area contributed by atoms with Crippen molar-refractivity contribution in [1.82, 2.24) is 4.98 Å². The molecule has 2 rings (SSSR count). The number of alkyl halides is 3. The van der Waals surface area contributed by atoms with Crippen LogP contribution in [0.4, 0.5) is 22.0 Å². The second kappa shape index (κ2) is 4.29. The lowest BCUT2D eigenvalue weighted by Gasteiger charge is -2.11. The number of hydrogen-bond acceptors (Lipinski definition) is 2. The monoisotopic (exact) mass is 293 g/mol. The molecule has 0 aliphatic rings. The number of fused-ring (bicyclic) bond motifs is 1. The van der Waals surface area contributed by atoms with Gasteiger partial charge in [-0.3, -0.25) is 4.79 Å². The first kappa shape index (κ1) is 14.0. The fraction of sp³-hybridized carbons (Fsp3) is 0.0909. The number of hydrogen-bond donors (Lipinski definition) is 2. The molecule has 0 aliphatic heterocycles. The normalized spacial score (nSPS) is 11.8. The third-order valence-electron chi connectivity index (χ3n) is 2.55. The summed E-state index contributed by atoms with van der Waals surface area (Å²) in [4.78, 5) is 23.6. The fourth-order valence-electron chi connectivity index (χ4n) is 1.70. The maximum Gasteiger partial charge on any atom is 0.422 e. The number of carbonyl (C=O) groups is 1. The fourth-order valence-corrected chi connectivity index (χ4v) is 1.70. The van der Waals surface area contributed by atoms with Gasteiger partial charge in [-0.05, 0) is 12.1 Å². The van der Waals surface area contributed by atoms with Gasteiger partial charge in [-0.15, -0.1) is 0 Å². The van der Waals surface area contributed by atoms with E-state index in [0.717, 1.165) is 0 Å². The van der Waals surface area contributed by atoms with Crippen LogP contribution < -0.4 is 5.56 Å². The summed E-state index contributed by atoms with van der Waals surface area (Å²) in [6.07, 6.45) is -5.29. The predicted molar refractivity (Wildman–Crippen MR) is 56.4 cm³/mol. The SMILES string of the molecule is O=C(O)c1cc2cc(F)c(C(F)(F)F)c(F)c2[nH]c1=O. The molecule has 2 N–H and O–H groups in total. The minimum Gasteiger partial charge on any atom is -0.477 e. The lowest BCUT2D eigenvalue weighted by Crippen LogP contribution is -2.19. The van der Waals surface area contributed by atoms with E-state index in [1.807, 2.05) is 0 Å². The average molecular weight is 293 g/mol. The maximum absolute atomic E-state index is 13.7. The highest BCUT2D eigenvalue weighted by atomic mass is 19.4. The molecule has 0 unspecified atom stereocenters. The van der Waals surface area contributed by atoms with Crippen LogP contribution in [0.5, 0.6) is 0 Å². The third kappa shape index (κ3) is 2.10. The Morgan fingerprint density at radius 3 is 2.30 bits per heavy atom. The topological polar surface area (TPSA) is 70.2 Å². The van der Waals surface area contributed by atoms with Gasteiger partial charge in [0, 0.05) is 5.39 Å². The van der Waals surface area contributed by atoms with Crippen LogP contribution in [0.3, 0.4) is 0 Å². The quantitative estimate of drug-likeness (QED) is 0.794. The Hall–Kier alpha value is -2.45. The molecule has 4 nitrogen and oxygen atoms in total. The molecule has 0 atom stereocenters. The van der Waals surface area contributed by atoms with Crippen molar-refractivity contribution in [2.24, 2.45) is 0 Å². The second-order valence-electron chi connectivity index (χ2n) is 3.83. The van der Waals surface area contributed by atoms with Crippen LogP contribution in [-0.4, -0.2) is 16.1 Å². The molecule has 1 aromatic heterocycles. The van der Waals surface area contributed by atoms with Crippen LogP contribution in [0.1, 0.15) is 15.9 Å². The highest BCUT2D eigenvalue weighted by Crippen LogP contribution is 2.36. The van der Waals surface area contributed by atoms with E-state index >= 15 is 0 Å². The van der Waals surface area contributed by atoms with E-state index in [0.29, 0.717) is 12.1 Å². The molecule has 0 fully saturated rings. The van der Waals surface area contributed by atoms with E-state index in [2.05, 4.69) is 0 Å². The van der Waals surface area contributed by atoms with Crippen molar-refractivity contribution in [1.29, 1.82) is 0 Å². The largest absolute Gasteiger partial charge is 0.477 e. The Morgan fingerprint density at radius 1 is 1.20 bits per heavy atom. The molecule has 106 valence electrons. The standard InChI is InChI=1S/C11H4F5NO3/c12-5-2-3-1-4(10(19)20)9(18)17-8(3)7(13)6(5)11(14,15)16/h1-2H,(H,17,18)(H,19,20). The van der Waals surface area contributed by atoms with Gasteiger partial charge in [0.25, 0.3) is 5.56 Å². The minimum atomic E-state index is -5.29. The molecule has 0 aliphatic carbocycles. The minimum absolute atomic E-state index is 0.309. The number of aromatic carboxylic acids is 1. The van der Waals surface area contributed by atoms with E-state index in [4.69, 9.17) is 5.11 Å². The number of pyridine rings is 1. The third-order valence-corrected chi connectivity index (χ3v) is 2.55. The van der Waals surface area contributed by atoms with E-state index in [1.54, 1.807) is 4.98 Å². The van der Waals surface area contributed by atoms with E-state index in [1.165, 1.54) is 0 Å². The van der Waals surface area contributed by atoms with Gasteiger partial charge < -0.3 is 10.1 Å². The Balaban J connectivity index is 2.92. The number of carboxylic acid groups (broad SMARTS) is 1. The van der Waals surface area contributed by atoms with Crippen molar-refractivity contribution < 1.29 is 31.9 Å². The molecule has 2 aromatic rings. The molecule has 0 amide bonds. The summed E-state index contributed by atoms with van der Waals surface area (Å²) in [5, 5.41) is 8.16. The Bertz CT molecular complexity index is 778. The smallest absolute Gasteiger partial charge is 0.422 e. The summed E-state index contributed by atoms with van der Waals surface area (Å²) >= 11 is 0.